The fourth-order valence-corrected chi connectivity index (χ4v) is 4.36. The average molecular weight is 417 g/mol. The number of carbonyl (C=O) groups excluding carboxylic acids is 1. The molecule has 1 saturated carbocycles. The summed E-state index contributed by atoms with van der Waals surface area (Å²) in [4.78, 5) is 29.5. The van der Waals surface area contributed by atoms with Crippen LogP contribution in [0.2, 0.25) is 0 Å². The van der Waals surface area contributed by atoms with Crippen molar-refractivity contribution in [3.05, 3.63) is 29.2 Å². The number of aliphatic hydroxyl groups is 2. The Balaban J connectivity index is 1.53. The minimum atomic E-state index is -1.14. The lowest BCUT2D eigenvalue weighted by Gasteiger charge is -2.18. The number of hydrogen-bond acceptors (Lipinski definition) is 9. The summed E-state index contributed by atoms with van der Waals surface area (Å²) >= 11 is 1.60. The van der Waals surface area contributed by atoms with E-state index >= 15 is 0 Å². The number of aliphatic hydroxyl groups excluding tert-OH is 2. The molecule has 0 aliphatic heterocycles. The Kier molecular flexibility index (Phi) is 5.69. The first kappa shape index (κ1) is 19.7. The molecular formula is C18H23N7O3S. The van der Waals surface area contributed by atoms with E-state index in [1.165, 1.54) is 6.33 Å². The van der Waals surface area contributed by atoms with Gasteiger partial charge in [-0.25, -0.2) is 19.9 Å². The first-order valence-corrected chi connectivity index (χ1v) is 10.4. The number of nitrogens with zero attached hydrogens (tertiary/aromatic N) is 5. The third-order valence-corrected chi connectivity index (χ3v) is 6.01. The molecule has 1 amide bonds. The van der Waals surface area contributed by atoms with E-state index in [1.807, 2.05) is 12.3 Å². The summed E-state index contributed by atoms with van der Waals surface area (Å²) in [6.45, 7) is 2.94. The van der Waals surface area contributed by atoms with Crippen LogP contribution in [0, 0.1) is 5.92 Å². The van der Waals surface area contributed by atoms with E-state index in [4.69, 9.17) is 0 Å². The zero-order chi connectivity index (χ0) is 20.4. The Morgan fingerprint density at radius 1 is 1.28 bits per heavy atom. The van der Waals surface area contributed by atoms with Crippen molar-refractivity contribution in [3.8, 4) is 0 Å². The first-order valence-electron chi connectivity index (χ1n) is 9.53. The van der Waals surface area contributed by atoms with Gasteiger partial charge in [-0.1, -0.05) is 0 Å². The number of anilines is 1. The average Bonchev–Trinajstić information content (AvgIpc) is 3.43. The van der Waals surface area contributed by atoms with Crippen molar-refractivity contribution in [2.45, 2.75) is 38.0 Å². The van der Waals surface area contributed by atoms with Crippen LogP contribution in [-0.4, -0.2) is 65.9 Å². The van der Waals surface area contributed by atoms with Crippen LogP contribution >= 0.6 is 11.3 Å². The van der Waals surface area contributed by atoms with Gasteiger partial charge < -0.3 is 25.4 Å². The molecule has 0 bridgehead atoms. The predicted octanol–water partition coefficient (Wildman–Crippen LogP) is 0.356. The quantitative estimate of drug-likeness (QED) is 0.432. The fourth-order valence-electron chi connectivity index (χ4n) is 3.74. The van der Waals surface area contributed by atoms with Crippen molar-refractivity contribution in [2.75, 3.05) is 18.4 Å². The Hall–Kier alpha value is -2.63. The smallest absolute Gasteiger partial charge is 0.225 e. The lowest BCUT2D eigenvalue weighted by Crippen LogP contribution is -2.38. The van der Waals surface area contributed by atoms with Crippen LogP contribution in [0.4, 0.5) is 5.82 Å². The summed E-state index contributed by atoms with van der Waals surface area (Å²) < 4.78 is 1.72. The standard InChI is InChI=1S/C18H23N7O3S/c1-2-19-18(28)10-7-11(15(27)14(10)26)25-9-24-13-16(22-8-23-17(13)25)21-4-3-12-20-5-6-29-12/h5-6,8-11,14-15,26-27H,2-4,7H2,1H3,(H,19,28)(H,21,22,23)/t10-,11+,14+,15-/m1/s1. The molecule has 0 radical (unpaired) electrons. The summed E-state index contributed by atoms with van der Waals surface area (Å²) in [5.74, 6) is -0.339. The molecule has 10 nitrogen and oxygen atoms in total. The molecule has 1 aliphatic carbocycles. The predicted molar refractivity (Wildman–Crippen MR) is 107 cm³/mol. The van der Waals surface area contributed by atoms with E-state index in [0.29, 0.717) is 36.5 Å². The fraction of sp³-hybridized carbons (Fsp3) is 0.500. The monoisotopic (exact) mass is 417 g/mol. The molecule has 11 heteroatoms. The molecule has 0 unspecified atom stereocenters. The highest BCUT2D eigenvalue weighted by Gasteiger charge is 2.46. The number of amides is 1. The van der Waals surface area contributed by atoms with Gasteiger partial charge in [0.25, 0.3) is 0 Å². The van der Waals surface area contributed by atoms with Gasteiger partial charge in [0.2, 0.25) is 5.91 Å². The highest BCUT2D eigenvalue weighted by Crippen LogP contribution is 2.37. The molecule has 3 aromatic rings. The van der Waals surface area contributed by atoms with Gasteiger partial charge in [0.05, 0.1) is 29.4 Å². The zero-order valence-corrected chi connectivity index (χ0v) is 16.7. The zero-order valence-electron chi connectivity index (χ0n) is 15.9. The summed E-state index contributed by atoms with van der Waals surface area (Å²) in [6.07, 6.45) is 3.64. The maximum atomic E-state index is 12.2. The summed E-state index contributed by atoms with van der Waals surface area (Å²) in [5, 5.41) is 29.9. The maximum Gasteiger partial charge on any atom is 0.225 e. The number of hydrogen-bond donors (Lipinski definition) is 4. The maximum absolute atomic E-state index is 12.2. The topological polar surface area (TPSA) is 138 Å². The molecule has 3 aromatic heterocycles. The number of aromatic nitrogens is 5. The van der Waals surface area contributed by atoms with Gasteiger partial charge in [0, 0.05) is 31.1 Å². The Labute approximate surface area is 171 Å². The van der Waals surface area contributed by atoms with E-state index in [0.717, 1.165) is 11.4 Å². The van der Waals surface area contributed by atoms with Gasteiger partial charge in [-0.15, -0.1) is 11.3 Å². The van der Waals surface area contributed by atoms with E-state index in [-0.39, 0.29) is 5.91 Å². The van der Waals surface area contributed by atoms with E-state index in [2.05, 4.69) is 30.6 Å². The largest absolute Gasteiger partial charge is 0.390 e. The molecule has 4 N–H and O–H groups in total. The van der Waals surface area contributed by atoms with Crippen molar-refractivity contribution < 1.29 is 15.0 Å². The van der Waals surface area contributed by atoms with Crippen LogP contribution in [0.5, 0.6) is 0 Å². The molecule has 154 valence electrons. The summed E-state index contributed by atoms with van der Waals surface area (Å²) in [7, 11) is 0. The van der Waals surface area contributed by atoms with Crippen LogP contribution in [0.1, 0.15) is 24.4 Å². The van der Waals surface area contributed by atoms with Crippen LogP contribution in [0.15, 0.2) is 24.2 Å². The molecule has 29 heavy (non-hydrogen) atoms. The van der Waals surface area contributed by atoms with Gasteiger partial charge in [-0.05, 0) is 13.3 Å². The number of nitrogens with one attached hydrogen (secondary N) is 2. The Morgan fingerprint density at radius 2 is 2.14 bits per heavy atom. The first-order chi connectivity index (χ1) is 14.1. The highest BCUT2D eigenvalue weighted by atomic mass is 32.1. The van der Waals surface area contributed by atoms with Crippen LogP contribution in [0.25, 0.3) is 11.2 Å². The summed E-state index contributed by atoms with van der Waals surface area (Å²) in [6, 6.07) is -0.499. The number of carbonyl (C=O) groups is 1. The second kappa shape index (κ2) is 8.39. The molecule has 4 rings (SSSR count). The van der Waals surface area contributed by atoms with E-state index in [9.17, 15) is 15.0 Å². The molecule has 3 heterocycles. The number of imidazole rings is 1. The third-order valence-electron chi connectivity index (χ3n) is 5.17. The molecule has 1 aliphatic rings. The van der Waals surface area contributed by atoms with E-state index < -0.39 is 24.2 Å². The Bertz CT molecular complexity index is 977. The van der Waals surface area contributed by atoms with Gasteiger partial charge in [0.1, 0.15) is 17.9 Å². The molecular weight excluding hydrogens is 394 g/mol. The number of rotatable bonds is 7. The highest BCUT2D eigenvalue weighted by molar-refractivity contribution is 7.09. The van der Waals surface area contributed by atoms with E-state index in [1.54, 1.807) is 28.4 Å². The molecule has 0 saturated heterocycles. The van der Waals surface area contributed by atoms with Gasteiger partial charge in [-0.3, -0.25) is 4.79 Å². The number of thiazole rings is 1. The van der Waals surface area contributed by atoms with Crippen molar-refractivity contribution in [3.63, 3.8) is 0 Å². The molecule has 0 spiro atoms. The number of fused-ring (bicyclic) bond motifs is 1. The van der Waals surface area contributed by atoms with Crippen molar-refractivity contribution in [1.82, 2.24) is 29.8 Å². The van der Waals surface area contributed by atoms with Crippen LogP contribution < -0.4 is 10.6 Å². The van der Waals surface area contributed by atoms with Gasteiger partial charge in [0.15, 0.2) is 11.5 Å². The van der Waals surface area contributed by atoms with Crippen molar-refractivity contribution in [2.24, 2.45) is 5.92 Å². The van der Waals surface area contributed by atoms with Gasteiger partial charge >= 0.3 is 0 Å². The molecule has 0 aromatic carbocycles. The van der Waals surface area contributed by atoms with Crippen molar-refractivity contribution >= 4 is 34.2 Å². The van der Waals surface area contributed by atoms with Crippen LogP contribution in [-0.2, 0) is 11.2 Å². The Morgan fingerprint density at radius 3 is 2.90 bits per heavy atom. The lowest BCUT2D eigenvalue weighted by molar-refractivity contribution is -0.128. The SMILES string of the molecule is CCNC(=O)[C@@H]1C[C@H](n2cnc3c(NCCc4nccs4)ncnc32)[C@@H](O)[C@H]1O. The molecule has 1 fully saturated rings. The minimum absolute atomic E-state index is 0.259. The second-order valence-corrected chi connectivity index (χ2v) is 7.91. The minimum Gasteiger partial charge on any atom is -0.390 e. The van der Waals surface area contributed by atoms with Crippen molar-refractivity contribution in [1.29, 1.82) is 0 Å². The normalized spacial score (nSPS) is 24.1. The van der Waals surface area contributed by atoms with Gasteiger partial charge in [-0.2, -0.15) is 0 Å². The third kappa shape index (κ3) is 3.80. The lowest BCUT2D eigenvalue weighted by atomic mass is 10.0. The molecule has 4 atom stereocenters. The summed E-state index contributed by atoms with van der Waals surface area (Å²) in [5.41, 5.74) is 1.12. The van der Waals surface area contributed by atoms with Crippen LogP contribution in [0.3, 0.4) is 0 Å². The second-order valence-electron chi connectivity index (χ2n) is 6.93.